The summed E-state index contributed by atoms with van der Waals surface area (Å²) in [6.07, 6.45) is 0. The fourth-order valence-electron chi connectivity index (χ4n) is 1.94. The molecule has 0 aliphatic heterocycles. The lowest BCUT2D eigenvalue weighted by molar-refractivity contribution is -0.384. The van der Waals surface area contributed by atoms with E-state index in [1.165, 1.54) is 31.2 Å². The molecule has 0 N–H and O–H groups in total. The summed E-state index contributed by atoms with van der Waals surface area (Å²) in [6, 6.07) is 5.19. The van der Waals surface area contributed by atoms with E-state index < -0.39 is 27.7 Å². The smallest absolute Gasteiger partial charge is 0.366 e. The van der Waals surface area contributed by atoms with Crippen LogP contribution >= 0.6 is 11.6 Å². The predicted molar refractivity (Wildman–Crippen MR) is 77.9 cm³/mol. The van der Waals surface area contributed by atoms with Crippen molar-refractivity contribution in [3.05, 3.63) is 51.3 Å². The highest BCUT2D eigenvalue weighted by Crippen LogP contribution is 2.34. The van der Waals surface area contributed by atoms with Crippen molar-refractivity contribution in [1.82, 2.24) is 15.0 Å². The summed E-state index contributed by atoms with van der Waals surface area (Å²) in [4.78, 5) is 21.7. The molecule has 8 nitrogen and oxygen atoms in total. The van der Waals surface area contributed by atoms with Gasteiger partial charge in [-0.3, -0.25) is 10.1 Å². The molecule has 0 fully saturated rings. The van der Waals surface area contributed by atoms with E-state index in [0.29, 0.717) is 5.56 Å². The van der Waals surface area contributed by atoms with E-state index in [2.05, 4.69) is 15.0 Å². The van der Waals surface area contributed by atoms with Gasteiger partial charge in [-0.05, 0) is 24.1 Å². The van der Waals surface area contributed by atoms with Crippen molar-refractivity contribution in [2.24, 2.45) is 0 Å². The Bertz CT molecular complexity index is 758. The highest BCUT2D eigenvalue weighted by molar-refractivity contribution is 6.22. The van der Waals surface area contributed by atoms with Crippen LogP contribution < -0.4 is 0 Å². The number of hydrogen-bond donors (Lipinski definition) is 0. The largest absolute Gasteiger partial charge is 0.461 e. The van der Waals surface area contributed by atoms with Crippen LogP contribution in [0.15, 0.2) is 24.3 Å². The van der Waals surface area contributed by atoms with Crippen molar-refractivity contribution in [2.45, 2.75) is 18.9 Å². The number of benzene rings is 1. The quantitative estimate of drug-likeness (QED) is 0.340. The first-order chi connectivity index (χ1) is 11.2. The zero-order valence-electron chi connectivity index (χ0n) is 12.3. The zero-order chi connectivity index (χ0) is 17.9. The van der Waals surface area contributed by atoms with E-state index in [4.69, 9.17) is 11.6 Å². The highest BCUT2D eigenvalue weighted by Gasteiger charge is 2.39. The Morgan fingerprint density at radius 1 is 1.42 bits per heavy atom. The first-order valence-corrected chi connectivity index (χ1v) is 7.03. The Labute approximate surface area is 139 Å². The van der Waals surface area contributed by atoms with Crippen LogP contribution in [0.25, 0.3) is 0 Å². The van der Waals surface area contributed by atoms with Gasteiger partial charge in [-0.2, -0.15) is 8.78 Å². The Morgan fingerprint density at radius 3 is 2.54 bits per heavy atom. The van der Waals surface area contributed by atoms with E-state index in [1.807, 2.05) is 0 Å². The molecule has 0 unspecified atom stereocenters. The van der Waals surface area contributed by atoms with Crippen molar-refractivity contribution < 1.29 is 23.2 Å². The summed E-state index contributed by atoms with van der Waals surface area (Å²) in [7, 11) is 0. The second-order valence-corrected chi connectivity index (χ2v) is 5.06. The molecule has 11 heteroatoms. The first kappa shape index (κ1) is 17.7. The molecule has 0 aliphatic rings. The predicted octanol–water partition coefficient (Wildman–Crippen LogP) is 2.70. The van der Waals surface area contributed by atoms with E-state index in [1.54, 1.807) is 0 Å². The van der Waals surface area contributed by atoms with Crippen molar-refractivity contribution in [3.63, 3.8) is 0 Å². The van der Waals surface area contributed by atoms with Crippen molar-refractivity contribution in [2.75, 3.05) is 6.61 Å². The minimum Gasteiger partial charge on any atom is -0.461 e. The van der Waals surface area contributed by atoms with Crippen molar-refractivity contribution >= 4 is 23.3 Å². The maximum atomic E-state index is 13.6. The number of nitro groups is 1. The fourth-order valence-corrected chi connectivity index (χ4v) is 2.12. The van der Waals surface area contributed by atoms with Gasteiger partial charge in [-0.15, -0.1) is 5.10 Å². The topological polar surface area (TPSA) is 100 Å². The van der Waals surface area contributed by atoms with Crippen LogP contribution in [0.1, 0.15) is 28.7 Å². The standard InChI is InChI=1S/C13H11ClF2N4O4/c1-2-24-12(21)10-11(13(14,15)16)19(18-17-10)7-8-3-5-9(6-4-8)20(22)23/h3-6H,2,7H2,1H3. The van der Waals surface area contributed by atoms with Gasteiger partial charge in [0.1, 0.15) is 0 Å². The third kappa shape index (κ3) is 3.82. The number of carbonyl (C=O) groups excluding carboxylic acids is 1. The van der Waals surface area contributed by atoms with Gasteiger partial charge in [0.15, 0.2) is 5.69 Å². The van der Waals surface area contributed by atoms with E-state index >= 15 is 0 Å². The molecule has 0 aliphatic carbocycles. The maximum Gasteiger partial charge on any atom is 0.366 e. The SMILES string of the molecule is CCOC(=O)c1nnn(Cc2ccc([N+](=O)[O-])cc2)c1C(F)(F)Cl. The fraction of sp³-hybridized carbons (Fsp3) is 0.308. The minimum absolute atomic E-state index is 0.0264. The molecule has 0 bridgehead atoms. The number of hydrogen-bond acceptors (Lipinski definition) is 6. The lowest BCUT2D eigenvalue weighted by atomic mass is 10.2. The monoisotopic (exact) mass is 360 g/mol. The molecule has 1 heterocycles. The van der Waals surface area contributed by atoms with E-state index in [9.17, 15) is 23.7 Å². The molecule has 0 saturated heterocycles. The number of aromatic nitrogens is 3. The van der Waals surface area contributed by atoms with Crippen LogP contribution in [0, 0.1) is 10.1 Å². The van der Waals surface area contributed by atoms with Crippen LogP contribution in [0.5, 0.6) is 0 Å². The molecule has 1 aromatic carbocycles. The summed E-state index contributed by atoms with van der Waals surface area (Å²) in [5.41, 5.74) is -1.30. The summed E-state index contributed by atoms with van der Waals surface area (Å²) in [6.45, 7) is 1.28. The molecular formula is C13H11ClF2N4O4. The Balaban J connectivity index is 2.36. The molecule has 1 aromatic heterocycles. The average Bonchev–Trinajstić information content (AvgIpc) is 2.92. The molecule has 0 saturated carbocycles. The molecule has 2 aromatic rings. The highest BCUT2D eigenvalue weighted by atomic mass is 35.5. The van der Waals surface area contributed by atoms with Gasteiger partial charge in [0, 0.05) is 12.1 Å². The van der Waals surface area contributed by atoms with Gasteiger partial charge < -0.3 is 4.74 Å². The summed E-state index contributed by atoms with van der Waals surface area (Å²) >= 11 is 5.06. The second-order valence-electron chi connectivity index (χ2n) is 4.59. The van der Waals surface area contributed by atoms with Crippen LogP contribution in [-0.2, 0) is 16.7 Å². The van der Waals surface area contributed by atoms with E-state index in [-0.39, 0.29) is 18.8 Å². The number of esters is 1. The van der Waals surface area contributed by atoms with E-state index in [0.717, 1.165) is 4.68 Å². The molecular weight excluding hydrogens is 350 g/mol. The summed E-state index contributed by atoms with van der Waals surface area (Å²) in [5.74, 6) is -1.07. The Kier molecular flexibility index (Phi) is 5.07. The zero-order valence-corrected chi connectivity index (χ0v) is 13.0. The number of carbonyl (C=O) groups is 1. The van der Waals surface area contributed by atoms with Gasteiger partial charge in [-0.1, -0.05) is 17.3 Å². The first-order valence-electron chi connectivity index (χ1n) is 6.65. The Hall–Kier alpha value is -2.62. The lowest BCUT2D eigenvalue weighted by Crippen LogP contribution is -2.19. The van der Waals surface area contributed by atoms with Gasteiger partial charge in [-0.25, -0.2) is 9.48 Å². The average molecular weight is 361 g/mol. The third-order valence-corrected chi connectivity index (χ3v) is 3.13. The van der Waals surface area contributed by atoms with Crippen LogP contribution in [0.3, 0.4) is 0 Å². The number of nitrogens with zero attached hydrogens (tertiary/aromatic N) is 4. The third-order valence-electron chi connectivity index (χ3n) is 2.95. The second kappa shape index (κ2) is 6.87. The van der Waals surface area contributed by atoms with Crippen molar-refractivity contribution in [1.29, 1.82) is 0 Å². The van der Waals surface area contributed by atoms with Gasteiger partial charge in [0.2, 0.25) is 5.69 Å². The van der Waals surface area contributed by atoms with Crippen LogP contribution in [-0.4, -0.2) is 32.5 Å². The minimum atomic E-state index is -3.90. The number of halogens is 3. The summed E-state index contributed by atoms with van der Waals surface area (Å²) in [5, 5.41) is 13.6. The normalized spacial score (nSPS) is 11.3. The van der Waals surface area contributed by atoms with Crippen LogP contribution in [0.4, 0.5) is 14.5 Å². The molecule has 128 valence electrons. The number of alkyl halides is 3. The lowest BCUT2D eigenvalue weighted by Gasteiger charge is -2.12. The van der Waals surface area contributed by atoms with Gasteiger partial charge in [0.25, 0.3) is 5.69 Å². The molecule has 24 heavy (non-hydrogen) atoms. The van der Waals surface area contributed by atoms with Gasteiger partial charge in [0.05, 0.1) is 18.1 Å². The number of rotatable bonds is 6. The molecule has 0 amide bonds. The number of nitro benzene ring substituents is 1. The molecule has 0 atom stereocenters. The molecule has 0 radical (unpaired) electrons. The number of ether oxygens (including phenoxy) is 1. The van der Waals surface area contributed by atoms with Crippen LogP contribution in [0.2, 0.25) is 0 Å². The molecule has 0 spiro atoms. The van der Waals surface area contributed by atoms with Crippen molar-refractivity contribution in [3.8, 4) is 0 Å². The maximum absolute atomic E-state index is 13.6. The Morgan fingerprint density at radius 2 is 2.04 bits per heavy atom. The molecule has 2 rings (SSSR count). The summed E-state index contributed by atoms with van der Waals surface area (Å²) < 4.78 is 32.7. The van der Waals surface area contributed by atoms with Gasteiger partial charge >= 0.3 is 11.4 Å². The number of non-ortho nitro benzene ring substituents is 1.